The number of fused-ring (bicyclic) bond motifs is 6. The fourth-order valence-electron chi connectivity index (χ4n) is 6.37. The second-order valence-electron chi connectivity index (χ2n) is 10.9. The van der Waals surface area contributed by atoms with Crippen molar-refractivity contribution >= 4 is 28.3 Å². The van der Waals surface area contributed by atoms with Gasteiger partial charge < -0.3 is 30.3 Å². The Morgan fingerprint density at radius 3 is 2.22 bits per heavy atom. The van der Waals surface area contributed by atoms with Crippen molar-refractivity contribution in [3.05, 3.63) is 97.5 Å². The molecular weight excluding hydrogens is 584 g/mol. The Balaban J connectivity index is 1.51. The van der Waals surface area contributed by atoms with Gasteiger partial charge in [-0.1, -0.05) is 0 Å². The summed E-state index contributed by atoms with van der Waals surface area (Å²) >= 11 is 0. The zero-order valence-electron chi connectivity index (χ0n) is 23.6. The van der Waals surface area contributed by atoms with Gasteiger partial charge in [0, 0.05) is 33.2 Å². The summed E-state index contributed by atoms with van der Waals surface area (Å²) < 4.78 is 6.65. The smallest absolute Gasteiger partial charge is 0.335 e. The maximum absolute atomic E-state index is 13.8. The largest absolute Gasteiger partial charge is 0.508 e. The molecule has 1 aromatic heterocycles. The van der Waals surface area contributed by atoms with Crippen molar-refractivity contribution < 1.29 is 44.7 Å². The summed E-state index contributed by atoms with van der Waals surface area (Å²) in [5, 5.41) is 58.0. The molecule has 2 aliphatic rings. The molecule has 5 N–H and O–H groups in total. The van der Waals surface area contributed by atoms with Gasteiger partial charge in [-0.25, -0.2) is 4.79 Å². The molecule has 0 radical (unpaired) electrons. The van der Waals surface area contributed by atoms with Crippen molar-refractivity contribution in [2.75, 3.05) is 7.11 Å². The number of phenols is 4. The molecule has 0 saturated heterocycles. The Labute approximate surface area is 252 Å². The summed E-state index contributed by atoms with van der Waals surface area (Å²) in [4.78, 5) is 52.6. The van der Waals surface area contributed by atoms with Crippen molar-refractivity contribution in [1.29, 1.82) is 0 Å². The number of phenolic OH excluding ortho intramolecular Hbond substituents is 4. The van der Waals surface area contributed by atoms with Gasteiger partial charge in [0.25, 0.3) is 5.56 Å². The number of rotatable bonds is 3. The van der Waals surface area contributed by atoms with Crippen LogP contribution >= 0.6 is 0 Å². The van der Waals surface area contributed by atoms with Crippen molar-refractivity contribution in [2.45, 2.75) is 19.8 Å². The summed E-state index contributed by atoms with van der Waals surface area (Å²) in [5.74, 6) is -4.92. The number of aromatic carboxylic acids is 1. The maximum Gasteiger partial charge on any atom is 0.335 e. The number of hydrogen-bond acceptors (Lipinski definition) is 10. The fraction of sp³-hybridized carbons (Fsp3) is 0.121. The van der Waals surface area contributed by atoms with Gasteiger partial charge >= 0.3 is 5.97 Å². The van der Waals surface area contributed by atoms with Crippen LogP contribution in [0, 0.1) is 6.92 Å². The monoisotopic (exact) mass is 606 g/mol. The van der Waals surface area contributed by atoms with Crippen LogP contribution < -0.4 is 10.3 Å². The van der Waals surface area contributed by atoms with E-state index in [2.05, 4.69) is 5.10 Å². The molecule has 12 heteroatoms. The molecule has 0 atom stereocenters. The van der Waals surface area contributed by atoms with E-state index in [1.807, 2.05) is 0 Å². The van der Waals surface area contributed by atoms with Gasteiger partial charge in [-0.3, -0.25) is 14.4 Å². The van der Waals surface area contributed by atoms with Crippen LogP contribution in [0.1, 0.15) is 58.9 Å². The molecule has 0 amide bonds. The average molecular weight is 607 g/mol. The number of ketones is 2. The molecule has 0 saturated carbocycles. The van der Waals surface area contributed by atoms with Crippen LogP contribution in [-0.4, -0.2) is 60.0 Å². The lowest BCUT2D eigenvalue weighted by Crippen LogP contribution is -2.25. The number of aryl methyl sites for hydroxylation is 1. The summed E-state index contributed by atoms with van der Waals surface area (Å²) in [6.07, 6.45) is 1.91. The van der Waals surface area contributed by atoms with E-state index < -0.39 is 51.7 Å². The van der Waals surface area contributed by atoms with E-state index in [9.17, 15) is 44.7 Å². The van der Waals surface area contributed by atoms with E-state index in [0.29, 0.717) is 22.9 Å². The summed E-state index contributed by atoms with van der Waals surface area (Å²) in [5.41, 5.74) is -0.874. The van der Waals surface area contributed by atoms with Gasteiger partial charge in [-0.05, 0) is 61.7 Å². The Morgan fingerprint density at radius 2 is 1.56 bits per heavy atom. The summed E-state index contributed by atoms with van der Waals surface area (Å²) in [6.45, 7) is 1.39. The van der Waals surface area contributed by atoms with Crippen molar-refractivity contribution in [2.24, 2.45) is 0 Å². The number of carboxylic acids is 1. The highest BCUT2D eigenvalue weighted by Gasteiger charge is 2.42. The number of aromatic nitrogens is 2. The standard InChI is InChI=1S/C33H22N2O10/c1-12-19(36)10-18-23(26(12)37)30(41)25-24(27(18)38)29(40)22-17(31(25)45-2)8-5-14-9-15-11-34-35(32(42)21(15)28(39)20(14)22)16-6-3-13(4-7-16)33(43)44/h3-4,6-7,9-11,36-37,39-40H,5,8H2,1-2H3,(H,43,44). The predicted molar refractivity (Wildman–Crippen MR) is 158 cm³/mol. The first-order valence-corrected chi connectivity index (χ1v) is 13.7. The predicted octanol–water partition coefficient (Wildman–Crippen LogP) is 3.76. The van der Waals surface area contributed by atoms with E-state index in [0.717, 1.165) is 10.7 Å². The minimum absolute atomic E-state index is 0.00296. The van der Waals surface area contributed by atoms with Crippen LogP contribution in [0.15, 0.2) is 47.4 Å². The second kappa shape index (κ2) is 9.41. The van der Waals surface area contributed by atoms with Crippen LogP contribution in [0.25, 0.3) is 27.6 Å². The van der Waals surface area contributed by atoms with Gasteiger partial charge in [-0.15, -0.1) is 0 Å². The number of aromatic hydroxyl groups is 4. The molecule has 2 aliphatic carbocycles. The number of benzene rings is 4. The Hall–Kier alpha value is -6.17. The average Bonchev–Trinajstić information content (AvgIpc) is 3.02. The molecule has 5 aromatic rings. The molecule has 0 spiro atoms. The van der Waals surface area contributed by atoms with Gasteiger partial charge in [0.1, 0.15) is 28.7 Å². The van der Waals surface area contributed by atoms with Crippen LogP contribution in [0.5, 0.6) is 28.7 Å². The first-order chi connectivity index (χ1) is 21.5. The molecule has 224 valence electrons. The van der Waals surface area contributed by atoms with Crippen LogP contribution in [0.4, 0.5) is 0 Å². The molecule has 1 heterocycles. The Kier molecular flexibility index (Phi) is 5.78. The zero-order valence-corrected chi connectivity index (χ0v) is 23.6. The molecule has 0 fully saturated rings. The molecule has 7 rings (SSSR count). The second-order valence-corrected chi connectivity index (χ2v) is 10.9. The third-order valence-electron chi connectivity index (χ3n) is 8.57. The number of methoxy groups -OCH3 is 1. The molecular formula is C33H22N2O10. The van der Waals surface area contributed by atoms with Gasteiger partial charge in [0.2, 0.25) is 5.78 Å². The quantitative estimate of drug-likeness (QED) is 0.197. The van der Waals surface area contributed by atoms with Crippen LogP contribution in [-0.2, 0) is 12.8 Å². The Morgan fingerprint density at radius 1 is 0.844 bits per heavy atom. The van der Waals surface area contributed by atoms with Gasteiger partial charge in [-0.2, -0.15) is 9.78 Å². The number of carboxylic acid groups (broad SMARTS) is 1. The summed E-state index contributed by atoms with van der Waals surface area (Å²) in [6, 6.07) is 8.11. The first-order valence-electron chi connectivity index (χ1n) is 13.7. The lowest BCUT2D eigenvalue weighted by atomic mass is 9.75. The lowest BCUT2D eigenvalue weighted by Gasteiger charge is -2.29. The third kappa shape index (κ3) is 3.62. The van der Waals surface area contributed by atoms with Crippen molar-refractivity contribution in [1.82, 2.24) is 9.78 Å². The number of carbonyl (C=O) groups excluding carboxylic acids is 2. The minimum atomic E-state index is -1.15. The van der Waals surface area contributed by atoms with Crippen molar-refractivity contribution in [3.63, 3.8) is 0 Å². The minimum Gasteiger partial charge on any atom is -0.508 e. The van der Waals surface area contributed by atoms with Crippen molar-refractivity contribution in [3.8, 4) is 45.6 Å². The SMILES string of the molecule is COc1c2c(c(O)c3c1C(=O)c1c(cc(O)c(C)c1O)C3=O)-c1c(cc3cnn(-c4ccc(C(=O)O)cc4)c(=O)c3c1O)CC2. The maximum atomic E-state index is 13.8. The number of nitrogens with zero attached hydrogens (tertiary/aromatic N) is 2. The number of carbonyl (C=O) groups is 3. The van der Waals surface area contributed by atoms with E-state index >= 15 is 0 Å². The van der Waals surface area contributed by atoms with Gasteiger partial charge in [0.05, 0.1) is 46.6 Å². The number of hydrogen-bond donors (Lipinski definition) is 5. The van der Waals surface area contributed by atoms with E-state index in [1.54, 1.807) is 6.07 Å². The summed E-state index contributed by atoms with van der Waals surface area (Å²) in [7, 11) is 1.29. The molecule has 0 bridgehead atoms. The molecule has 0 aliphatic heterocycles. The molecule has 45 heavy (non-hydrogen) atoms. The normalized spacial score (nSPS) is 13.2. The third-order valence-corrected chi connectivity index (χ3v) is 8.57. The highest BCUT2D eigenvalue weighted by molar-refractivity contribution is 6.32. The highest BCUT2D eigenvalue weighted by atomic mass is 16.5. The first kappa shape index (κ1) is 27.7. The van der Waals surface area contributed by atoms with Crippen LogP contribution in [0.2, 0.25) is 0 Å². The van der Waals surface area contributed by atoms with E-state index in [1.165, 1.54) is 44.5 Å². The van der Waals surface area contributed by atoms with E-state index in [-0.39, 0.29) is 62.2 Å². The van der Waals surface area contributed by atoms with Crippen LogP contribution in [0.3, 0.4) is 0 Å². The fourth-order valence-corrected chi connectivity index (χ4v) is 6.37. The van der Waals surface area contributed by atoms with E-state index in [4.69, 9.17) is 4.74 Å². The highest BCUT2D eigenvalue weighted by Crippen LogP contribution is 2.54. The molecule has 4 aromatic carbocycles. The lowest BCUT2D eigenvalue weighted by molar-refractivity contribution is 0.0696. The number of ether oxygens (including phenoxy) is 1. The Bertz CT molecular complexity index is 2280. The molecule has 0 unspecified atom stereocenters. The van der Waals surface area contributed by atoms with Gasteiger partial charge in [0.15, 0.2) is 5.78 Å². The molecule has 12 nitrogen and oxygen atoms in total. The zero-order chi connectivity index (χ0) is 32.1. The topological polar surface area (TPSA) is 196 Å².